The number of hydrogen-bond donors (Lipinski definition) is 1. The van der Waals surface area contributed by atoms with Crippen molar-refractivity contribution in [2.75, 3.05) is 11.1 Å². The Morgan fingerprint density at radius 1 is 1.26 bits per heavy atom. The molecule has 164 valence electrons. The van der Waals surface area contributed by atoms with Crippen LogP contribution in [0.3, 0.4) is 0 Å². The Bertz CT molecular complexity index is 1090. The largest absolute Gasteiger partial charge is 0.481 e. The highest BCUT2D eigenvalue weighted by Crippen LogP contribution is 2.30. The summed E-state index contributed by atoms with van der Waals surface area (Å²) in [6, 6.07) is 11.3. The van der Waals surface area contributed by atoms with Gasteiger partial charge in [0, 0.05) is 11.0 Å². The second-order valence-electron chi connectivity index (χ2n) is 7.03. The molecule has 0 saturated carbocycles. The number of thioether (sulfide) groups is 1. The van der Waals surface area contributed by atoms with E-state index in [-0.39, 0.29) is 17.8 Å². The van der Waals surface area contributed by atoms with Crippen molar-refractivity contribution in [3.05, 3.63) is 62.8 Å². The van der Waals surface area contributed by atoms with E-state index in [1.807, 2.05) is 62.6 Å². The Labute approximate surface area is 199 Å². The third-order valence-corrected chi connectivity index (χ3v) is 6.69. The molecule has 1 N–H and O–H groups in total. The lowest BCUT2D eigenvalue weighted by atomic mass is 10.1. The molecular formula is C22H24BrClN4O2S. The van der Waals surface area contributed by atoms with E-state index in [0.29, 0.717) is 28.3 Å². The lowest BCUT2D eigenvalue weighted by Crippen LogP contribution is -2.16. The number of aryl methyl sites for hydroxylation is 2. The second kappa shape index (κ2) is 10.5. The first-order valence-electron chi connectivity index (χ1n) is 9.83. The third-order valence-electron chi connectivity index (χ3n) is 4.76. The number of carbonyl (C=O) groups excluding carboxylic acids is 1. The van der Waals surface area contributed by atoms with Crippen molar-refractivity contribution < 1.29 is 9.53 Å². The standard InChI is InChI=1S/C22H24BrClN4O2S/c1-5-28-21(15(4)30-19-9-7-6-8-17(19)24)26-27-22(28)31-12-20(29)25-18-11-14(3)13(2)10-16(18)23/h6-11,15H,5,12H2,1-4H3,(H,25,29)/t15-/m0/s1. The first-order valence-corrected chi connectivity index (χ1v) is 12.0. The Morgan fingerprint density at radius 3 is 2.68 bits per heavy atom. The summed E-state index contributed by atoms with van der Waals surface area (Å²) >= 11 is 11.0. The lowest BCUT2D eigenvalue weighted by Gasteiger charge is -2.16. The van der Waals surface area contributed by atoms with E-state index in [1.165, 1.54) is 11.8 Å². The van der Waals surface area contributed by atoms with Gasteiger partial charge in [-0.15, -0.1) is 10.2 Å². The second-order valence-corrected chi connectivity index (χ2v) is 9.23. The van der Waals surface area contributed by atoms with Crippen molar-refractivity contribution in [2.24, 2.45) is 0 Å². The molecule has 1 heterocycles. The minimum atomic E-state index is -0.345. The molecule has 0 radical (unpaired) electrons. The highest BCUT2D eigenvalue weighted by molar-refractivity contribution is 9.10. The van der Waals surface area contributed by atoms with Gasteiger partial charge >= 0.3 is 0 Å². The summed E-state index contributed by atoms with van der Waals surface area (Å²) < 4.78 is 8.79. The molecule has 0 spiro atoms. The van der Waals surface area contributed by atoms with Crippen LogP contribution in [0.5, 0.6) is 5.75 Å². The zero-order valence-electron chi connectivity index (χ0n) is 17.8. The molecule has 1 aromatic heterocycles. The van der Waals surface area contributed by atoms with E-state index < -0.39 is 0 Å². The van der Waals surface area contributed by atoms with E-state index >= 15 is 0 Å². The first-order chi connectivity index (χ1) is 14.8. The number of amides is 1. The summed E-state index contributed by atoms with van der Waals surface area (Å²) in [5.74, 6) is 1.38. The zero-order valence-corrected chi connectivity index (χ0v) is 20.9. The van der Waals surface area contributed by atoms with Crippen LogP contribution in [0.2, 0.25) is 5.02 Å². The van der Waals surface area contributed by atoms with Crippen molar-refractivity contribution in [2.45, 2.75) is 45.5 Å². The van der Waals surface area contributed by atoms with Crippen LogP contribution in [0.4, 0.5) is 5.69 Å². The van der Waals surface area contributed by atoms with Gasteiger partial charge in [0.1, 0.15) is 5.75 Å². The molecule has 0 aliphatic heterocycles. The number of para-hydroxylation sites is 1. The van der Waals surface area contributed by atoms with Gasteiger partial charge in [-0.2, -0.15) is 0 Å². The maximum Gasteiger partial charge on any atom is 0.234 e. The van der Waals surface area contributed by atoms with Crippen LogP contribution < -0.4 is 10.1 Å². The van der Waals surface area contributed by atoms with Crippen LogP contribution in [-0.2, 0) is 11.3 Å². The van der Waals surface area contributed by atoms with E-state index in [9.17, 15) is 4.79 Å². The molecule has 31 heavy (non-hydrogen) atoms. The number of benzene rings is 2. The normalized spacial score (nSPS) is 11.9. The van der Waals surface area contributed by atoms with Crippen molar-refractivity contribution in [1.82, 2.24) is 14.8 Å². The zero-order chi connectivity index (χ0) is 22.5. The van der Waals surface area contributed by atoms with Gasteiger partial charge in [0.05, 0.1) is 16.5 Å². The van der Waals surface area contributed by atoms with Crippen molar-refractivity contribution in [3.8, 4) is 5.75 Å². The predicted octanol–water partition coefficient (Wildman–Crippen LogP) is 6.20. The molecular weight excluding hydrogens is 500 g/mol. The van der Waals surface area contributed by atoms with Gasteiger partial charge in [-0.05, 0) is 79.0 Å². The smallest absolute Gasteiger partial charge is 0.234 e. The van der Waals surface area contributed by atoms with E-state index in [1.54, 1.807) is 6.07 Å². The average molecular weight is 524 g/mol. The van der Waals surface area contributed by atoms with Gasteiger partial charge in [-0.3, -0.25) is 4.79 Å². The number of hydrogen-bond acceptors (Lipinski definition) is 5. The van der Waals surface area contributed by atoms with Crippen LogP contribution in [-0.4, -0.2) is 26.4 Å². The molecule has 0 saturated heterocycles. The number of nitrogens with zero attached hydrogens (tertiary/aromatic N) is 3. The molecule has 0 bridgehead atoms. The summed E-state index contributed by atoms with van der Waals surface area (Å²) in [5.41, 5.74) is 3.04. The van der Waals surface area contributed by atoms with Gasteiger partial charge < -0.3 is 14.6 Å². The summed E-state index contributed by atoms with van der Waals surface area (Å²) in [6.45, 7) is 8.62. The van der Waals surface area contributed by atoms with Crippen LogP contribution in [0.1, 0.15) is 36.9 Å². The maximum absolute atomic E-state index is 12.5. The topological polar surface area (TPSA) is 69.0 Å². The first kappa shape index (κ1) is 23.6. The molecule has 6 nitrogen and oxygen atoms in total. The number of rotatable bonds is 8. The fourth-order valence-electron chi connectivity index (χ4n) is 2.98. The molecule has 1 amide bonds. The van der Waals surface area contributed by atoms with E-state index in [2.05, 4.69) is 31.4 Å². The molecule has 9 heteroatoms. The SMILES string of the molecule is CCn1c(SCC(=O)Nc2cc(C)c(C)cc2Br)nnc1[C@H](C)Oc1ccccc1Cl. The maximum atomic E-state index is 12.5. The minimum Gasteiger partial charge on any atom is -0.481 e. The number of aromatic nitrogens is 3. The fraction of sp³-hybridized carbons (Fsp3) is 0.318. The van der Waals surface area contributed by atoms with Crippen molar-refractivity contribution in [1.29, 1.82) is 0 Å². The fourth-order valence-corrected chi connectivity index (χ4v) is 4.53. The molecule has 0 aliphatic rings. The monoisotopic (exact) mass is 522 g/mol. The highest BCUT2D eigenvalue weighted by Gasteiger charge is 2.20. The number of ether oxygens (including phenoxy) is 1. The number of nitrogens with one attached hydrogen (secondary N) is 1. The van der Waals surface area contributed by atoms with E-state index in [4.69, 9.17) is 16.3 Å². The molecule has 1 atom stereocenters. The molecule has 0 unspecified atom stereocenters. The Morgan fingerprint density at radius 2 is 1.97 bits per heavy atom. The summed E-state index contributed by atoms with van der Waals surface area (Å²) in [5, 5.41) is 12.7. The summed E-state index contributed by atoms with van der Waals surface area (Å²) in [6.07, 6.45) is -0.345. The van der Waals surface area contributed by atoms with Gasteiger partial charge in [0.2, 0.25) is 5.91 Å². The molecule has 0 fully saturated rings. The van der Waals surface area contributed by atoms with Crippen LogP contribution >= 0.6 is 39.3 Å². The number of anilines is 1. The lowest BCUT2D eigenvalue weighted by molar-refractivity contribution is -0.113. The highest BCUT2D eigenvalue weighted by atomic mass is 79.9. The molecule has 3 rings (SSSR count). The molecule has 0 aliphatic carbocycles. The average Bonchev–Trinajstić information content (AvgIpc) is 3.15. The van der Waals surface area contributed by atoms with Crippen molar-refractivity contribution in [3.63, 3.8) is 0 Å². The van der Waals surface area contributed by atoms with Gasteiger partial charge in [0.15, 0.2) is 17.1 Å². The number of carbonyl (C=O) groups is 1. The quantitative estimate of drug-likeness (QED) is 0.356. The van der Waals surface area contributed by atoms with Crippen LogP contribution in [0.25, 0.3) is 0 Å². The Hall–Kier alpha value is -2.03. The van der Waals surface area contributed by atoms with Gasteiger partial charge in [0.25, 0.3) is 0 Å². The third kappa shape index (κ3) is 5.81. The predicted molar refractivity (Wildman–Crippen MR) is 129 cm³/mol. The summed E-state index contributed by atoms with van der Waals surface area (Å²) in [7, 11) is 0. The molecule has 2 aromatic carbocycles. The Kier molecular flexibility index (Phi) is 8.02. The van der Waals surface area contributed by atoms with Gasteiger partial charge in [-0.25, -0.2) is 0 Å². The number of halogens is 2. The summed E-state index contributed by atoms with van der Waals surface area (Å²) in [4.78, 5) is 12.5. The van der Waals surface area contributed by atoms with Crippen LogP contribution in [0, 0.1) is 13.8 Å². The van der Waals surface area contributed by atoms with Crippen molar-refractivity contribution >= 4 is 50.9 Å². The molecule has 3 aromatic rings. The van der Waals surface area contributed by atoms with Crippen LogP contribution in [0.15, 0.2) is 46.0 Å². The Balaban J connectivity index is 1.66. The minimum absolute atomic E-state index is 0.110. The van der Waals surface area contributed by atoms with Gasteiger partial charge in [-0.1, -0.05) is 35.5 Å². The van der Waals surface area contributed by atoms with E-state index in [0.717, 1.165) is 21.3 Å².